The summed E-state index contributed by atoms with van der Waals surface area (Å²) in [6.45, 7) is 12.3. The third kappa shape index (κ3) is 48.2. The van der Waals surface area contributed by atoms with Gasteiger partial charge in [-0.25, -0.2) is 4.79 Å². The molecule has 0 aromatic heterocycles. The maximum atomic E-state index is 13.2. The fourth-order valence-electron chi connectivity index (χ4n) is 7.73. The number of carbonyl (C=O) groups excluding carboxylic acids is 7. The Hall–Kier alpha value is -4.73. The van der Waals surface area contributed by atoms with Crippen LogP contribution < -0.4 is 0 Å². The first kappa shape index (κ1) is 72.3. The highest BCUT2D eigenvalue weighted by Crippen LogP contribution is 2.24. The molecule has 0 saturated heterocycles. The van der Waals surface area contributed by atoms with Gasteiger partial charge in [0.15, 0.2) is 0 Å². The molecule has 0 aromatic carbocycles. The van der Waals surface area contributed by atoms with E-state index >= 15 is 0 Å². The third-order valence-corrected chi connectivity index (χ3v) is 12.7. The summed E-state index contributed by atoms with van der Waals surface area (Å²) in [5, 5.41) is 0. The van der Waals surface area contributed by atoms with E-state index in [0.717, 1.165) is 58.2 Å². The van der Waals surface area contributed by atoms with Gasteiger partial charge in [0.05, 0.1) is 26.4 Å². The fourth-order valence-corrected chi connectivity index (χ4v) is 7.73. The molecule has 0 N–H and O–H groups in total. The number of esters is 6. The van der Waals surface area contributed by atoms with Gasteiger partial charge in [-0.1, -0.05) is 129 Å². The van der Waals surface area contributed by atoms with E-state index in [1.165, 1.54) is 38.5 Å². The summed E-state index contributed by atoms with van der Waals surface area (Å²) in [4.78, 5) is 91.5. The second kappa shape index (κ2) is 53.3. The first-order valence-corrected chi connectivity index (χ1v) is 29.8. The molecule has 0 amide bonds. The Bertz CT molecular complexity index is 1450. The average Bonchev–Trinajstić information content (AvgIpc) is 3.42. The molecule has 0 atom stereocenters. The molecule has 0 spiro atoms. The molecule has 0 rings (SSSR count). The van der Waals surface area contributed by atoms with E-state index in [4.69, 9.17) is 37.9 Å². The summed E-state index contributed by atoms with van der Waals surface area (Å²) in [5.74, 6) is -2.59. The smallest absolute Gasteiger partial charge is 0.465 e. The van der Waals surface area contributed by atoms with Gasteiger partial charge in [0.2, 0.25) is 0 Å². The maximum Gasteiger partial charge on any atom is 0.508 e. The Morgan fingerprint density at radius 1 is 0.312 bits per heavy atom. The van der Waals surface area contributed by atoms with Crippen molar-refractivity contribution in [2.45, 2.75) is 234 Å². The summed E-state index contributed by atoms with van der Waals surface area (Å²) in [6.07, 6.45) is 33.0. The summed E-state index contributed by atoms with van der Waals surface area (Å²) in [6, 6.07) is 0. The molecule has 0 aliphatic rings. The highest BCUT2D eigenvalue weighted by atomic mass is 16.7. The molecule has 0 unspecified atom stereocenters. The second-order valence-corrected chi connectivity index (χ2v) is 19.9. The van der Waals surface area contributed by atoms with Crippen molar-refractivity contribution in [3.05, 3.63) is 36.5 Å². The van der Waals surface area contributed by atoms with Crippen LogP contribution in [0.4, 0.5) is 4.79 Å². The lowest BCUT2D eigenvalue weighted by molar-refractivity contribution is -0.166. The highest BCUT2D eigenvalue weighted by Gasteiger charge is 2.38. The first-order valence-electron chi connectivity index (χ1n) is 29.8. The van der Waals surface area contributed by atoms with Crippen LogP contribution in [0.1, 0.15) is 234 Å². The van der Waals surface area contributed by atoms with Gasteiger partial charge in [-0.3, -0.25) is 28.8 Å². The zero-order valence-electron chi connectivity index (χ0n) is 48.7. The Balaban J connectivity index is 5.63. The standard InChI is InChI=1S/C61H105NO15/c1-6-11-14-17-20-23-35-46-70-54(63)39-29-26-32-42-57(66)74-50-61(53-77-60(69)73-49-38-45-62(9-4)10-5,51-75-58(67)43-33-27-30-40-55(64)71-47-36-24-21-18-15-12-7-2)52-76-59(68)44-34-28-31-41-56(65)72-48-37-25-22-19-16-13-8-3/h20-25H,6-19,26-53H2,1-5H3/b23-20-,24-21-,25-22-. The lowest BCUT2D eigenvalue weighted by atomic mass is 9.92. The number of nitrogens with zero attached hydrogens (tertiary/aromatic N) is 1. The van der Waals surface area contributed by atoms with Gasteiger partial charge < -0.3 is 42.8 Å². The van der Waals surface area contributed by atoms with Gasteiger partial charge in [-0.2, -0.15) is 0 Å². The Morgan fingerprint density at radius 2 is 0.610 bits per heavy atom. The molecule has 444 valence electrons. The van der Waals surface area contributed by atoms with E-state index in [-0.39, 0.29) is 63.0 Å². The third-order valence-electron chi connectivity index (χ3n) is 12.7. The predicted octanol–water partition coefficient (Wildman–Crippen LogP) is 13.5. The monoisotopic (exact) mass is 1090 g/mol. The number of carbonyl (C=O) groups is 7. The molecule has 0 aromatic rings. The highest BCUT2D eigenvalue weighted by molar-refractivity contribution is 5.71. The molecule has 0 saturated carbocycles. The lowest BCUT2D eigenvalue weighted by Gasteiger charge is -2.31. The van der Waals surface area contributed by atoms with Crippen LogP contribution in [-0.2, 0) is 66.7 Å². The van der Waals surface area contributed by atoms with Crippen molar-refractivity contribution < 1.29 is 71.5 Å². The van der Waals surface area contributed by atoms with E-state index in [2.05, 4.69) is 43.9 Å². The second-order valence-electron chi connectivity index (χ2n) is 19.9. The van der Waals surface area contributed by atoms with Gasteiger partial charge in [0.25, 0.3) is 0 Å². The fraction of sp³-hybridized carbons (Fsp3) is 0.787. The zero-order chi connectivity index (χ0) is 56.7. The van der Waals surface area contributed by atoms with Gasteiger partial charge in [-0.05, 0) is 116 Å². The van der Waals surface area contributed by atoms with Gasteiger partial charge in [0.1, 0.15) is 31.8 Å². The van der Waals surface area contributed by atoms with Crippen molar-refractivity contribution in [2.75, 3.05) is 72.5 Å². The van der Waals surface area contributed by atoms with Crippen LogP contribution >= 0.6 is 0 Å². The van der Waals surface area contributed by atoms with Crippen molar-refractivity contribution in [1.82, 2.24) is 4.90 Å². The van der Waals surface area contributed by atoms with Crippen LogP contribution in [0, 0.1) is 5.41 Å². The molecule has 0 radical (unpaired) electrons. The number of allylic oxidation sites excluding steroid dienone is 3. The Labute approximate surface area is 464 Å². The summed E-state index contributed by atoms with van der Waals surface area (Å²) in [7, 11) is 0. The van der Waals surface area contributed by atoms with E-state index in [1.807, 2.05) is 32.1 Å². The molecule has 0 bridgehead atoms. The van der Waals surface area contributed by atoms with Crippen molar-refractivity contribution in [3.8, 4) is 0 Å². The lowest BCUT2D eigenvalue weighted by Crippen LogP contribution is -2.44. The van der Waals surface area contributed by atoms with Crippen molar-refractivity contribution in [1.29, 1.82) is 0 Å². The van der Waals surface area contributed by atoms with Crippen LogP contribution in [0.5, 0.6) is 0 Å². The van der Waals surface area contributed by atoms with Gasteiger partial charge in [-0.15, -0.1) is 0 Å². The average molecular weight is 1090 g/mol. The minimum Gasteiger partial charge on any atom is -0.465 e. The minimum absolute atomic E-state index is 0.0242. The van der Waals surface area contributed by atoms with E-state index in [1.54, 1.807) is 0 Å². The van der Waals surface area contributed by atoms with Crippen LogP contribution in [0.15, 0.2) is 36.5 Å². The molecular weight excluding hydrogens is 987 g/mol. The molecule has 77 heavy (non-hydrogen) atoms. The van der Waals surface area contributed by atoms with Crippen molar-refractivity contribution >= 4 is 42.0 Å². The molecule has 0 aliphatic heterocycles. The number of hydrogen-bond donors (Lipinski definition) is 0. The summed E-state index contributed by atoms with van der Waals surface area (Å²) in [5.41, 5.74) is -1.50. The summed E-state index contributed by atoms with van der Waals surface area (Å²) < 4.78 is 44.1. The van der Waals surface area contributed by atoms with Crippen LogP contribution in [-0.4, -0.2) is 119 Å². The Morgan fingerprint density at radius 3 is 0.922 bits per heavy atom. The minimum atomic E-state index is -1.50. The predicted molar refractivity (Wildman–Crippen MR) is 301 cm³/mol. The largest absolute Gasteiger partial charge is 0.508 e. The van der Waals surface area contributed by atoms with E-state index in [0.29, 0.717) is 103 Å². The number of rotatable bonds is 53. The quantitative estimate of drug-likeness (QED) is 0.0241. The molecule has 0 aliphatic carbocycles. The Kier molecular flexibility index (Phi) is 50.0. The van der Waals surface area contributed by atoms with E-state index < -0.39 is 55.9 Å². The van der Waals surface area contributed by atoms with Crippen LogP contribution in [0.3, 0.4) is 0 Å². The number of ether oxygens (including phenoxy) is 8. The van der Waals surface area contributed by atoms with Crippen LogP contribution in [0.2, 0.25) is 0 Å². The zero-order valence-corrected chi connectivity index (χ0v) is 48.7. The normalized spacial score (nSPS) is 11.6. The van der Waals surface area contributed by atoms with Gasteiger partial charge in [0, 0.05) is 45.1 Å². The van der Waals surface area contributed by atoms with Gasteiger partial charge >= 0.3 is 42.0 Å². The van der Waals surface area contributed by atoms with Crippen molar-refractivity contribution in [3.63, 3.8) is 0 Å². The number of hydrogen-bond acceptors (Lipinski definition) is 16. The molecular formula is C61H105NO15. The SMILES string of the molecule is CCCCC/C=C\CCOC(=O)CCCCCC(=O)OCC(COC(=O)CCCCCC(=O)OCC/C=C\CCCCC)(COC(=O)CCCCCC(=O)OCC/C=C\CCCCC)COC(=O)OCCCN(CC)CC. The molecule has 16 nitrogen and oxygen atoms in total. The number of unbranched alkanes of at least 4 members (excludes halogenated alkanes) is 15. The molecule has 0 heterocycles. The topological polar surface area (TPSA) is 197 Å². The summed E-state index contributed by atoms with van der Waals surface area (Å²) >= 11 is 0. The van der Waals surface area contributed by atoms with E-state index in [9.17, 15) is 33.6 Å². The van der Waals surface area contributed by atoms with Crippen molar-refractivity contribution in [2.24, 2.45) is 5.41 Å². The van der Waals surface area contributed by atoms with Crippen LogP contribution in [0.25, 0.3) is 0 Å². The maximum absolute atomic E-state index is 13.2. The first-order chi connectivity index (χ1) is 37.4. The molecule has 16 heteroatoms. The molecule has 0 fully saturated rings.